The van der Waals surface area contributed by atoms with Crippen molar-refractivity contribution in [3.05, 3.63) is 48.1 Å². The van der Waals surface area contributed by atoms with Crippen LogP contribution < -0.4 is 0 Å². The zero-order valence-electron chi connectivity index (χ0n) is 12.8. The summed E-state index contributed by atoms with van der Waals surface area (Å²) in [6.07, 6.45) is 7.16. The van der Waals surface area contributed by atoms with Crippen LogP contribution in [-0.2, 0) is 18.6 Å². The first-order chi connectivity index (χ1) is 7.61. The summed E-state index contributed by atoms with van der Waals surface area (Å²) in [5.74, 6) is 0. The van der Waals surface area contributed by atoms with Crippen molar-refractivity contribution >= 4 is 0 Å². The molecule has 0 fully saturated rings. The van der Waals surface area contributed by atoms with E-state index in [0.29, 0.717) is 0 Å². The Labute approximate surface area is 121 Å². The fraction of sp³-hybridized carbons (Fsp3) is 0.500. The van der Waals surface area contributed by atoms with Crippen LogP contribution >= 0.6 is 0 Å². The molecule has 0 saturated heterocycles. The fourth-order valence-electron chi connectivity index (χ4n) is 0.815. The standard InChI is InChI=1S/C12H18.2C2H6.V/c1-6-8-12(10(3)4)9-11(5)7-2;2*1-2;/h6,8-9H,3,5,7H2,1-2,4H3;2*1-2H3;/b8-6-,12-9+;;;. The van der Waals surface area contributed by atoms with Crippen LogP contribution in [0.25, 0.3) is 0 Å². The smallest absolute Gasteiger partial charge is 0 e. The van der Waals surface area contributed by atoms with Crippen LogP contribution in [0.15, 0.2) is 48.1 Å². The third-order valence-corrected chi connectivity index (χ3v) is 1.65. The fourth-order valence-corrected chi connectivity index (χ4v) is 0.815. The van der Waals surface area contributed by atoms with E-state index in [1.165, 1.54) is 5.57 Å². The number of allylic oxidation sites excluding steroid dienone is 6. The van der Waals surface area contributed by atoms with Gasteiger partial charge in [-0.3, -0.25) is 0 Å². The number of rotatable bonds is 4. The summed E-state index contributed by atoms with van der Waals surface area (Å²) in [6.45, 7) is 21.9. The van der Waals surface area contributed by atoms with E-state index in [2.05, 4.69) is 32.2 Å². The van der Waals surface area contributed by atoms with Gasteiger partial charge in [0.2, 0.25) is 0 Å². The van der Waals surface area contributed by atoms with Crippen molar-refractivity contribution in [2.75, 3.05) is 0 Å². The summed E-state index contributed by atoms with van der Waals surface area (Å²) < 4.78 is 0. The maximum Gasteiger partial charge on any atom is 0 e. The van der Waals surface area contributed by atoms with Gasteiger partial charge in [-0.05, 0) is 25.8 Å². The quantitative estimate of drug-likeness (QED) is 0.544. The average Bonchev–Trinajstić information content (AvgIpc) is 2.33. The van der Waals surface area contributed by atoms with E-state index in [4.69, 9.17) is 0 Å². The van der Waals surface area contributed by atoms with E-state index in [1.807, 2.05) is 47.6 Å². The molecular weight excluding hydrogens is 243 g/mol. The van der Waals surface area contributed by atoms with Crippen molar-refractivity contribution < 1.29 is 18.6 Å². The molecule has 0 heterocycles. The molecule has 0 amide bonds. The van der Waals surface area contributed by atoms with Crippen LogP contribution in [0.1, 0.15) is 54.9 Å². The molecule has 1 heteroatoms. The molecule has 0 saturated carbocycles. The van der Waals surface area contributed by atoms with Gasteiger partial charge in [0.05, 0.1) is 0 Å². The van der Waals surface area contributed by atoms with Gasteiger partial charge in [-0.15, -0.1) is 0 Å². The van der Waals surface area contributed by atoms with Crippen LogP contribution in [0, 0.1) is 0 Å². The summed E-state index contributed by atoms with van der Waals surface area (Å²) in [7, 11) is 0. The minimum Gasteiger partial charge on any atom is -0.0958 e. The molecule has 99 valence electrons. The molecule has 0 rings (SSSR count). The Hall–Kier alpha value is -0.456. The molecule has 0 unspecified atom stereocenters. The molecule has 0 N–H and O–H groups in total. The Balaban J connectivity index is -0.000000152. The maximum atomic E-state index is 3.93. The molecule has 1 radical (unpaired) electrons. The Bertz CT molecular complexity index is 232. The molecule has 0 aliphatic heterocycles. The topological polar surface area (TPSA) is 0 Å². The first kappa shape index (κ1) is 25.4. The Morgan fingerprint density at radius 1 is 1.06 bits per heavy atom. The number of hydrogen-bond acceptors (Lipinski definition) is 0. The van der Waals surface area contributed by atoms with Gasteiger partial charge in [0.25, 0.3) is 0 Å². The van der Waals surface area contributed by atoms with Gasteiger partial charge in [-0.25, -0.2) is 0 Å². The molecule has 0 aliphatic rings. The molecule has 0 aliphatic carbocycles. The second-order valence-corrected chi connectivity index (χ2v) is 2.89. The van der Waals surface area contributed by atoms with Crippen LogP contribution in [-0.4, -0.2) is 0 Å². The van der Waals surface area contributed by atoms with Crippen molar-refractivity contribution in [1.82, 2.24) is 0 Å². The van der Waals surface area contributed by atoms with Gasteiger partial charge < -0.3 is 0 Å². The van der Waals surface area contributed by atoms with Crippen LogP contribution in [0.3, 0.4) is 0 Å². The molecule has 0 bridgehead atoms. The van der Waals surface area contributed by atoms with Gasteiger partial charge >= 0.3 is 0 Å². The van der Waals surface area contributed by atoms with Crippen LogP contribution in [0.4, 0.5) is 0 Å². The van der Waals surface area contributed by atoms with Crippen LogP contribution in [0.5, 0.6) is 0 Å². The van der Waals surface area contributed by atoms with Gasteiger partial charge in [0.15, 0.2) is 0 Å². The molecule has 17 heavy (non-hydrogen) atoms. The van der Waals surface area contributed by atoms with Crippen molar-refractivity contribution in [3.8, 4) is 0 Å². The Morgan fingerprint density at radius 2 is 1.47 bits per heavy atom. The SMILES string of the molecule is C=C(/C=C(\C=C/C)C(=C)C)CC.CC.CC.[V]. The third-order valence-electron chi connectivity index (χ3n) is 1.65. The Morgan fingerprint density at radius 3 is 1.71 bits per heavy atom. The normalized spacial score (nSPS) is 9.24. The van der Waals surface area contributed by atoms with Crippen molar-refractivity contribution in [3.63, 3.8) is 0 Å². The van der Waals surface area contributed by atoms with Gasteiger partial charge in [0, 0.05) is 18.6 Å². The van der Waals surface area contributed by atoms with Crippen molar-refractivity contribution in [2.24, 2.45) is 0 Å². The average molecular weight is 273 g/mol. The van der Waals surface area contributed by atoms with Gasteiger partial charge in [-0.1, -0.05) is 77.2 Å². The zero-order chi connectivity index (χ0) is 13.6. The van der Waals surface area contributed by atoms with Gasteiger partial charge in [0.1, 0.15) is 0 Å². The van der Waals surface area contributed by atoms with E-state index in [0.717, 1.165) is 17.6 Å². The maximum absolute atomic E-state index is 3.93. The molecule has 0 atom stereocenters. The number of hydrogen-bond donors (Lipinski definition) is 0. The summed E-state index contributed by atoms with van der Waals surface area (Å²) in [4.78, 5) is 0. The van der Waals surface area contributed by atoms with Crippen molar-refractivity contribution in [1.29, 1.82) is 0 Å². The van der Waals surface area contributed by atoms with E-state index in [-0.39, 0.29) is 18.6 Å². The Kier molecular flexibility index (Phi) is 31.2. The summed E-state index contributed by atoms with van der Waals surface area (Å²) >= 11 is 0. The third kappa shape index (κ3) is 18.1. The first-order valence-corrected chi connectivity index (χ1v) is 6.29. The molecular formula is C16H30V. The molecule has 0 aromatic carbocycles. The molecule has 0 aromatic rings. The summed E-state index contributed by atoms with van der Waals surface area (Å²) in [6, 6.07) is 0. The van der Waals surface area contributed by atoms with E-state index in [1.54, 1.807) is 0 Å². The molecule has 0 nitrogen and oxygen atoms in total. The minimum absolute atomic E-state index is 0. The largest absolute Gasteiger partial charge is 0.0958 e. The monoisotopic (exact) mass is 273 g/mol. The van der Waals surface area contributed by atoms with E-state index in [9.17, 15) is 0 Å². The predicted molar refractivity (Wildman–Crippen MR) is 79.8 cm³/mol. The van der Waals surface area contributed by atoms with E-state index < -0.39 is 0 Å². The second kappa shape index (κ2) is 20.9. The van der Waals surface area contributed by atoms with Crippen molar-refractivity contribution in [2.45, 2.75) is 54.9 Å². The zero-order valence-corrected chi connectivity index (χ0v) is 14.2. The first-order valence-electron chi connectivity index (χ1n) is 6.29. The minimum atomic E-state index is 0. The second-order valence-electron chi connectivity index (χ2n) is 2.89. The molecule has 0 spiro atoms. The van der Waals surface area contributed by atoms with E-state index >= 15 is 0 Å². The summed E-state index contributed by atoms with van der Waals surface area (Å²) in [5, 5.41) is 0. The van der Waals surface area contributed by atoms with Gasteiger partial charge in [-0.2, -0.15) is 0 Å². The predicted octanol–water partition coefficient (Wildman–Crippen LogP) is 6.08. The molecule has 0 aromatic heterocycles. The summed E-state index contributed by atoms with van der Waals surface area (Å²) in [5.41, 5.74) is 3.40. The van der Waals surface area contributed by atoms with Crippen LogP contribution in [0.2, 0.25) is 0 Å².